The number of nitrogens with two attached hydrogens (primary N) is 1. The Kier molecular flexibility index (Phi) is 2.49. The van der Waals surface area contributed by atoms with E-state index in [1.807, 2.05) is 13.0 Å². The Labute approximate surface area is 88.3 Å². The minimum atomic E-state index is -0.164. The van der Waals surface area contributed by atoms with E-state index in [0.29, 0.717) is 12.1 Å². The van der Waals surface area contributed by atoms with Crippen molar-refractivity contribution >= 4 is 10.9 Å². The zero-order valence-electron chi connectivity index (χ0n) is 9.02. The second-order valence-electron chi connectivity index (χ2n) is 3.91. The van der Waals surface area contributed by atoms with Gasteiger partial charge in [0.25, 0.3) is 0 Å². The lowest BCUT2D eigenvalue weighted by Gasteiger charge is -2.00. The predicted octanol–water partition coefficient (Wildman–Crippen LogP) is 2.43. The maximum atomic E-state index is 13.3. The van der Waals surface area contributed by atoms with Gasteiger partial charge in [-0.3, -0.25) is 0 Å². The molecule has 0 aliphatic heterocycles. The zero-order valence-corrected chi connectivity index (χ0v) is 9.02. The van der Waals surface area contributed by atoms with Gasteiger partial charge >= 0.3 is 0 Å². The van der Waals surface area contributed by atoms with Gasteiger partial charge in [-0.05, 0) is 50.1 Å². The first-order chi connectivity index (χ1) is 7.13. The van der Waals surface area contributed by atoms with Crippen LogP contribution in [0.15, 0.2) is 12.1 Å². The average molecular weight is 206 g/mol. The third-order valence-corrected chi connectivity index (χ3v) is 2.79. The van der Waals surface area contributed by atoms with Crippen LogP contribution in [-0.2, 0) is 6.42 Å². The van der Waals surface area contributed by atoms with Crippen molar-refractivity contribution in [3.05, 3.63) is 34.8 Å². The number of aryl methyl sites for hydroxylation is 2. The summed E-state index contributed by atoms with van der Waals surface area (Å²) >= 11 is 0. The average Bonchev–Trinajstić information content (AvgIpc) is 2.46. The second kappa shape index (κ2) is 3.66. The van der Waals surface area contributed by atoms with Crippen LogP contribution < -0.4 is 5.73 Å². The van der Waals surface area contributed by atoms with Crippen molar-refractivity contribution in [3.8, 4) is 0 Å². The summed E-state index contributed by atoms with van der Waals surface area (Å²) in [6, 6.07) is 3.44. The minimum Gasteiger partial charge on any atom is -0.358 e. The first-order valence-corrected chi connectivity index (χ1v) is 5.11. The topological polar surface area (TPSA) is 41.8 Å². The van der Waals surface area contributed by atoms with Crippen molar-refractivity contribution in [3.63, 3.8) is 0 Å². The Bertz CT molecular complexity index is 500. The summed E-state index contributed by atoms with van der Waals surface area (Å²) in [5.41, 5.74) is 9.39. The van der Waals surface area contributed by atoms with Crippen LogP contribution in [-0.4, -0.2) is 11.5 Å². The largest absolute Gasteiger partial charge is 0.358 e. The number of fused-ring (bicyclic) bond motifs is 1. The molecule has 0 radical (unpaired) electrons. The van der Waals surface area contributed by atoms with Gasteiger partial charge in [0.2, 0.25) is 0 Å². The highest BCUT2D eigenvalue weighted by atomic mass is 19.1. The number of halogens is 1. The smallest absolute Gasteiger partial charge is 0.128 e. The van der Waals surface area contributed by atoms with E-state index in [9.17, 15) is 4.39 Å². The number of hydrogen-bond donors (Lipinski definition) is 2. The van der Waals surface area contributed by atoms with Crippen molar-refractivity contribution in [1.82, 2.24) is 4.98 Å². The molecule has 0 unspecified atom stereocenters. The molecule has 15 heavy (non-hydrogen) atoms. The molecule has 0 saturated heterocycles. The van der Waals surface area contributed by atoms with Crippen molar-refractivity contribution in [2.24, 2.45) is 5.73 Å². The van der Waals surface area contributed by atoms with Gasteiger partial charge in [-0.1, -0.05) is 0 Å². The van der Waals surface area contributed by atoms with Gasteiger partial charge in [-0.15, -0.1) is 0 Å². The number of benzene rings is 1. The summed E-state index contributed by atoms with van der Waals surface area (Å²) in [6.07, 6.45) is 0.830. The molecule has 0 atom stereocenters. The zero-order chi connectivity index (χ0) is 11.0. The van der Waals surface area contributed by atoms with Gasteiger partial charge in [-0.2, -0.15) is 0 Å². The molecule has 80 valence electrons. The highest BCUT2D eigenvalue weighted by Crippen LogP contribution is 2.25. The lowest BCUT2D eigenvalue weighted by Crippen LogP contribution is -2.03. The number of hydrogen-bond acceptors (Lipinski definition) is 1. The molecule has 1 heterocycles. The predicted molar refractivity (Wildman–Crippen MR) is 60.5 cm³/mol. The van der Waals surface area contributed by atoms with E-state index >= 15 is 0 Å². The Morgan fingerprint density at radius 3 is 2.73 bits per heavy atom. The molecule has 3 heteroatoms. The summed E-state index contributed by atoms with van der Waals surface area (Å²) in [5.74, 6) is -0.164. The van der Waals surface area contributed by atoms with E-state index in [-0.39, 0.29) is 5.82 Å². The van der Waals surface area contributed by atoms with E-state index in [1.54, 1.807) is 13.0 Å². The molecular weight excluding hydrogens is 191 g/mol. The minimum absolute atomic E-state index is 0.164. The Morgan fingerprint density at radius 2 is 2.07 bits per heavy atom. The van der Waals surface area contributed by atoms with E-state index in [1.165, 1.54) is 5.56 Å². The third-order valence-electron chi connectivity index (χ3n) is 2.79. The van der Waals surface area contributed by atoms with Gasteiger partial charge in [0, 0.05) is 16.6 Å². The van der Waals surface area contributed by atoms with Crippen LogP contribution in [0.3, 0.4) is 0 Å². The van der Waals surface area contributed by atoms with Crippen LogP contribution in [0.5, 0.6) is 0 Å². The molecule has 2 nitrogen and oxygen atoms in total. The van der Waals surface area contributed by atoms with Gasteiger partial charge < -0.3 is 10.7 Å². The molecule has 0 aliphatic carbocycles. The van der Waals surface area contributed by atoms with Crippen molar-refractivity contribution in [1.29, 1.82) is 0 Å². The van der Waals surface area contributed by atoms with Crippen molar-refractivity contribution in [2.75, 3.05) is 6.54 Å². The molecule has 0 bridgehead atoms. The van der Waals surface area contributed by atoms with E-state index in [4.69, 9.17) is 5.73 Å². The Hall–Kier alpha value is -1.35. The monoisotopic (exact) mass is 206 g/mol. The third kappa shape index (κ3) is 1.63. The fourth-order valence-electron chi connectivity index (χ4n) is 1.98. The molecular formula is C12H15FN2. The van der Waals surface area contributed by atoms with Crippen LogP contribution in [0.4, 0.5) is 4.39 Å². The molecule has 0 aliphatic rings. The Morgan fingerprint density at radius 1 is 1.33 bits per heavy atom. The highest BCUT2D eigenvalue weighted by molar-refractivity contribution is 5.85. The lowest BCUT2D eigenvalue weighted by atomic mass is 10.1. The number of aromatic nitrogens is 1. The summed E-state index contributed by atoms with van der Waals surface area (Å²) in [5, 5.41) is 1.09. The first kappa shape index (κ1) is 10.2. The molecule has 2 aromatic rings. The van der Waals surface area contributed by atoms with Gasteiger partial charge in [-0.25, -0.2) is 4.39 Å². The van der Waals surface area contributed by atoms with Crippen molar-refractivity contribution in [2.45, 2.75) is 20.3 Å². The molecule has 0 saturated carbocycles. The van der Waals surface area contributed by atoms with Crippen LogP contribution in [0.25, 0.3) is 10.9 Å². The van der Waals surface area contributed by atoms with Crippen molar-refractivity contribution < 1.29 is 4.39 Å². The molecule has 1 aromatic carbocycles. The van der Waals surface area contributed by atoms with Crippen LogP contribution >= 0.6 is 0 Å². The number of rotatable bonds is 2. The Balaban J connectivity index is 2.70. The summed E-state index contributed by atoms with van der Waals surface area (Å²) in [4.78, 5) is 3.18. The number of H-pyrrole nitrogens is 1. The summed E-state index contributed by atoms with van der Waals surface area (Å²) in [7, 11) is 0. The lowest BCUT2D eigenvalue weighted by molar-refractivity contribution is 0.620. The standard InChI is InChI=1S/C12H15FN2/c1-7-5-10-9(3-4-14)8(2)15-12(10)6-11(7)13/h5-6,15H,3-4,14H2,1-2H3. The van der Waals surface area contributed by atoms with Gasteiger partial charge in [0.1, 0.15) is 5.82 Å². The SMILES string of the molecule is Cc1cc2c(CCN)c(C)[nH]c2cc1F. The van der Waals surface area contributed by atoms with E-state index in [0.717, 1.165) is 23.0 Å². The molecule has 1 aromatic heterocycles. The van der Waals surface area contributed by atoms with Gasteiger partial charge in [0.05, 0.1) is 0 Å². The molecule has 0 fully saturated rings. The van der Waals surface area contributed by atoms with Crippen LogP contribution in [0.1, 0.15) is 16.8 Å². The second-order valence-corrected chi connectivity index (χ2v) is 3.91. The normalized spacial score (nSPS) is 11.2. The van der Waals surface area contributed by atoms with Gasteiger partial charge in [0.15, 0.2) is 0 Å². The van der Waals surface area contributed by atoms with E-state index in [2.05, 4.69) is 4.98 Å². The molecule has 0 spiro atoms. The maximum absolute atomic E-state index is 13.3. The molecule has 0 amide bonds. The molecule has 3 N–H and O–H groups in total. The van der Waals surface area contributed by atoms with Crippen LogP contribution in [0, 0.1) is 19.7 Å². The van der Waals surface area contributed by atoms with Crippen LogP contribution in [0.2, 0.25) is 0 Å². The highest BCUT2D eigenvalue weighted by Gasteiger charge is 2.09. The van der Waals surface area contributed by atoms with E-state index < -0.39 is 0 Å². The fourth-order valence-corrected chi connectivity index (χ4v) is 1.98. The summed E-state index contributed by atoms with van der Waals surface area (Å²) < 4.78 is 13.3. The quantitative estimate of drug-likeness (QED) is 0.778. The number of aromatic amines is 1. The molecule has 2 rings (SSSR count). The maximum Gasteiger partial charge on any atom is 0.128 e. The fraction of sp³-hybridized carbons (Fsp3) is 0.333. The number of nitrogens with one attached hydrogen (secondary N) is 1. The summed E-state index contributed by atoms with van der Waals surface area (Å²) in [6.45, 7) is 4.39. The first-order valence-electron chi connectivity index (χ1n) is 5.11.